The summed E-state index contributed by atoms with van der Waals surface area (Å²) in [6.45, 7) is 12.0. The number of aliphatic hydroxyl groups excluding tert-OH is 2. The maximum atomic E-state index is 13.7. The van der Waals surface area contributed by atoms with E-state index in [9.17, 15) is 42.2 Å². The van der Waals surface area contributed by atoms with Crippen LogP contribution in [0.4, 0.5) is 22.4 Å². The number of carbonyl (C=O) groups is 3. The zero-order valence-corrected chi connectivity index (χ0v) is 47.2. The number of benzene rings is 4. The van der Waals surface area contributed by atoms with Gasteiger partial charge in [-0.1, -0.05) is 46.3 Å². The number of aliphatic hydroxyl groups is 2. The Kier molecular flexibility index (Phi) is 20.9. The monoisotopic (exact) mass is 1160 g/mol. The molecule has 4 atom stereocenters. The minimum atomic E-state index is -1.30. The van der Waals surface area contributed by atoms with Crippen molar-refractivity contribution in [3.8, 4) is 10.4 Å². The summed E-state index contributed by atoms with van der Waals surface area (Å²) in [6, 6.07) is 24.7. The van der Waals surface area contributed by atoms with Gasteiger partial charge in [0, 0.05) is 52.2 Å². The fourth-order valence-electron chi connectivity index (χ4n) is 9.00. The predicted octanol–water partition coefficient (Wildman–Crippen LogP) is 9.49. The highest BCUT2D eigenvalue weighted by atomic mass is 79.9. The van der Waals surface area contributed by atoms with E-state index in [1.54, 1.807) is 38.2 Å². The van der Waals surface area contributed by atoms with Crippen LogP contribution in [0.3, 0.4) is 0 Å². The lowest BCUT2D eigenvalue weighted by Crippen LogP contribution is -2.53. The lowest BCUT2D eigenvalue weighted by Gasteiger charge is -2.37. The van der Waals surface area contributed by atoms with Crippen LogP contribution in [0.2, 0.25) is 0 Å². The molecule has 3 amide bonds. The number of rotatable bonds is 18. The number of nitrogens with one attached hydrogen (secondary N) is 3. The maximum absolute atomic E-state index is 13.7. The average Bonchev–Trinajstić information content (AvgIpc) is 4.29. The molecule has 8 rings (SSSR count). The van der Waals surface area contributed by atoms with Crippen LogP contribution in [0.1, 0.15) is 93.7 Å². The number of ether oxygens (including phenoxy) is 1. The Morgan fingerprint density at radius 3 is 1.68 bits per heavy atom. The van der Waals surface area contributed by atoms with Gasteiger partial charge in [-0.15, -0.1) is 11.3 Å². The van der Waals surface area contributed by atoms with Crippen molar-refractivity contribution in [2.45, 2.75) is 128 Å². The number of halogens is 5. The first-order valence-electron chi connectivity index (χ1n) is 25.1. The molecular weight excluding hydrogens is 1100 g/mol. The highest BCUT2D eigenvalue weighted by Gasteiger charge is 2.53. The van der Waals surface area contributed by atoms with E-state index in [2.05, 4.69) is 74.5 Å². The van der Waals surface area contributed by atoms with Gasteiger partial charge >= 0.3 is 13.2 Å². The van der Waals surface area contributed by atoms with E-state index in [0.717, 1.165) is 52.7 Å². The molecule has 412 valence electrons. The quantitative estimate of drug-likeness (QED) is 0.0326. The smallest absolute Gasteiger partial charge is 0.444 e. The van der Waals surface area contributed by atoms with Crippen molar-refractivity contribution in [2.75, 3.05) is 13.1 Å². The van der Waals surface area contributed by atoms with Crippen molar-refractivity contribution in [1.29, 1.82) is 0 Å². The van der Waals surface area contributed by atoms with Crippen LogP contribution >= 0.6 is 38.6 Å². The number of hydrogen-bond donors (Lipinski definition) is 7. The molecular formula is C57H66BBrF4N4O8S2. The van der Waals surface area contributed by atoms with Gasteiger partial charge in [0.1, 0.15) is 28.9 Å². The number of nitrogens with zero attached hydrogens (tertiary/aromatic N) is 1. The van der Waals surface area contributed by atoms with Gasteiger partial charge in [0.15, 0.2) is 0 Å². The third-order valence-electron chi connectivity index (χ3n) is 12.9. The molecule has 2 aromatic heterocycles. The van der Waals surface area contributed by atoms with E-state index in [-0.39, 0.29) is 42.9 Å². The van der Waals surface area contributed by atoms with Gasteiger partial charge in [-0.05, 0) is 177 Å². The number of thiophene rings is 2. The first kappa shape index (κ1) is 60.8. The average molecular weight is 1170 g/mol. The van der Waals surface area contributed by atoms with Crippen molar-refractivity contribution in [3.05, 3.63) is 169 Å². The summed E-state index contributed by atoms with van der Waals surface area (Å²) in [4.78, 5) is 39.6. The van der Waals surface area contributed by atoms with Crippen LogP contribution in [0.25, 0.3) is 10.4 Å². The summed E-state index contributed by atoms with van der Waals surface area (Å²) in [5.74, 6) is -3.59. The third-order valence-corrected chi connectivity index (χ3v) is 15.6. The van der Waals surface area contributed by atoms with E-state index in [1.165, 1.54) is 63.8 Å². The highest BCUT2D eigenvalue weighted by Crippen LogP contribution is 2.52. The largest absolute Gasteiger partial charge is 0.499 e. The van der Waals surface area contributed by atoms with Crippen molar-refractivity contribution in [2.24, 2.45) is 0 Å². The standard InChI is InChI=1S/C26H31BrF2N2O4.C26H28F2N2O2S.C5H7BO2S/c1-16(32)30-22(12-17-10-20(28)14-21(29)11-17)23(33)15-31(24(34)35-25(2,3)4)26(8-9-26)18-6-5-7-19(27)13-18;1-16-8-25(33-15-16)19-4-3-5-20(12-19)26(6-7-26)29-14-24(32)23(30-17(2)31)11-18-9-21(27)13-22(28)10-18;1-4-2-5(6(7)8)9-3-4/h5-7,10-11,13-14,22-23,33H,8-9,12,15H2,1-4H3,(H,30,32);3-5,8-10,12-13,15,23-24,29,32H,6-7,11,14H2,1-2H3,(H,30,31);2-3,7-8H,1H3/t22-,23+;23-,24+;/m00./s1. The first-order valence-corrected chi connectivity index (χ1v) is 27.7. The predicted molar refractivity (Wildman–Crippen MR) is 298 cm³/mol. The molecule has 0 unspecified atom stereocenters. The Balaban J connectivity index is 0.000000215. The molecule has 0 bridgehead atoms. The lowest BCUT2D eigenvalue weighted by molar-refractivity contribution is -0.121. The normalized spacial score (nSPS) is 15.5. The van der Waals surface area contributed by atoms with Gasteiger partial charge < -0.3 is 40.9 Å². The third kappa shape index (κ3) is 18.0. The molecule has 2 aliphatic rings. The van der Waals surface area contributed by atoms with E-state index >= 15 is 0 Å². The Morgan fingerprint density at radius 1 is 0.714 bits per heavy atom. The minimum absolute atomic E-state index is 0.0263. The molecule has 2 aliphatic carbocycles. The number of carbonyl (C=O) groups excluding carboxylic acids is 3. The Bertz CT molecular complexity index is 2940. The zero-order chi connectivity index (χ0) is 56.4. The first-order chi connectivity index (χ1) is 36.2. The molecule has 0 saturated heterocycles. The van der Waals surface area contributed by atoms with Crippen molar-refractivity contribution >= 4 is 68.4 Å². The summed E-state index contributed by atoms with van der Waals surface area (Å²) >= 11 is 6.55. The Hall–Kier alpha value is -5.45. The molecule has 0 radical (unpaired) electrons. The molecule has 7 N–H and O–H groups in total. The zero-order valence-electron chi connectivity index (χ0n) is 44.0. The molecule has 77 heavy (non-hydrogen) atoms. The molecule has 0 spiro atoms. The molecule has 2 heterocycles. The Morgan fingerprint density at radius 2 is 1.23 bits per heavy atom. The number of amides is 3. The molecule has 2 fully saturated rings. The minimum Gasteiger partial charge on any atom is -0.444 e. The summed E-state index contributed by atoms with van der Waals surface area (Å²) in [7, 11) is -1.30. The van der Waals surface area contributed by atoms with E-state index < -0.39 is 77.8 Å². The molecule has 4 aromatic carbocycles. The van der Waals surface area contributed by atoms with Crippen molar-refractivity contribution in [3.63, 3.8) is 0 Å². The molecule has 12 nitrogen and oxygen atoms in total. The fraction of sp³-hybridized carbons (Fsp3) is 0.386. The van der Waals surface area contributed by atoms with Gasteiger partial charge in [-0.25, -0.2) is 22.4 Å². The molecule has 6 aromatic rings. The van der Waals surface area contributed by atoms with E-state index in [4.69, 9.17) is 14.8 Å². The second kappa shape index (κ2) is 26.5. The summed E-state index contributed by atoms with van der Waals surface area (Å²) in [5.41, 5.74) is 4.56. The van der Waals surface area contributed by atoms with Crippen LogP contribution in [0.5, 0.6) is 0 Å². The summed E-state index contributed by atoms with van der Waals surface area (Å²) in [6.07, 6.45) is 0.596. The molecule has 2 saturated carbocycles. The maximum Gasteiger partial charge on any atom is 0.499 e. The van der Waals surface area contributed by atoms with E-state index in [0.29, 0.717) is 23.2 Å². The van der Waals surface area contributed by atoms with Crippen LogP contribution in [0, 0.1) is 37.1 Å². The second-order valence-corrected chi connectivity index (χ2v) is 23.5. The van der Waals surface area contributed by atoms with Crippen molar-refractivity contribution < 1.29 is 56.9 Å². The topological polar surface area (TPSA) is 181 Å². The summed E-state index contributed by atoms with van der Waals surface area (Å²) in [5, 5.41) is 52.2. The van der Waals surface area contributed by atoms with Crippen molar-refractivity contribution in [1.82, 2.24) is 20.9 Å². The van der Waals surface area contributed by atoms with Crippen LogP contribution in [-0.2, 0) is 38.2 Å². The lowest BCUT2D eigenvalue weighted by atomic mass is 9.89. The second-order valence-electron chi connectivity index (χ2n) is 20.8. The van der Waals surface area contributed by atoms with Crippen LogP contribution in [0.15, 0.2) is 112 Å². The number of hydrogen-bond acceptors (Lipinski definition) is 11. The van der Waals surface area contributed by atoms with Gasteiger partial charge in [-0.3, -0.25) is 14.5 Å². The molecule has 20 heteroatoms. The van der Waals surface area contributed by atoms with Gasteiger partial charge in [-0.2, -0.15) is 11.3 Å². The number of aryl methyl sites for hydroxylation is 2. The SMILES string of the molecule is CC(=O)N[C@@H](Cc1cc(F)cc(F)c1)[C@H](O)CN(C(=O)OC(C)(C)C)C1(c2cccc(Br)c2)CC1.CC(=O)N[C@@H](Cc1cc(F)cc(F)c1)[C@H](O)CNC1(c2cccc(-c3cc(C)cs3)c2)CC1.Cc1csc(B(O)O)c1. The van der Waals surface area contributed by atoms with Crippen LogP contribution in [-0.4, -0.2) is 93.2 Å². The molecule has 0 aliphatic heterocycles. The van der Waals surface area contributed by atoms with Gasteiger partial charge in [0.2, 0.25) is 11.8 Å². The van der Waals surface area contributed by atoms with Gasteiger partial charge in [0.25, 0.3) is 0 Å². The Labute approximate surface area is 464 Å². The highest BCUT2D eigenvalue weighted by molar-refractivity contribution is 9.10. The summed E-state index contributed by atoms with van der Waals surface area (Å²) < 4.78 is 61.8. The van der Waals surface area contributed by atoms with Gasteiger partial charge in [0.05, 0.1) is 36.4 Å². The fourth-order valence-corrected chi connectivity index (χ4v) is 11.1. The van der Waals surface area contributed by atoms with Crippen LogP contribution < -0.4 is 20.7 Å². The van der Waals surface area contributed by atoms with E-state index in [1.807, 2.05) is 36.6 Å².